The first-order chi connectivity index (χ1) is 14.2. The van der Waals surface area contributed by atoms with Crippen LogP contribution in [0.25, 0.3) is 10.9 Å². The van der Waals surface area contributed by atoms with Crippen molar-refractivity contribution in [3.63, 3.8) is 0 Å². The minimum atomic E-state index is -2.83. The monoisotopic (exact) mass is 585 g/mol. The van der Waals surface area contributed by atoms with Crippen LogP contribution in [0.2, 0.25) is 13.3 Å². The van der Waals surface area contributed by atoms with Gasteiger partial charge in [-0.1, -0.05) is 0 Å². The molecule has 5 heteroatoms. The summed E-state index contributed by atoms with van der Waals surface area (Å²) < 4.78 is 14.3. The Balaban J connectivity index is 2.73. The Labute approximate surface area is 195 Å². The zero-order valence-corrected chi connectivity index (χ0v) is 24.3. The molecule has 2 rings (SSSR count). The third-order valence-corrected chi connectivity index (χ3v) is 21.8. The maximum absolute atomic E-state index is 13.5. The van der Waals surface area contributed by atoms with Crippen LogP contribution in [0.5, 0.6) is 0 Å². The van der Waals surface area contributed by atoms with Crippen LogP contribution >= 0.6 is 15.9 Å². The van der Waals surface area contributed by atoms with E-state index in [0.29, 0.717) is 0 Å². The number of carbonyl (C=O) groups is 1. The summed E-state index contributed by atoms with van der Waals surface area (Å²) >= 11 is 0.789. The number of benzene rings is 1. The van der Waals surface area contributed by atoms with Crippen molar-refractivity contribution in [2.24, 2.45) is 0 Å². The zero-order chi connectivity index (χ0) is 22.4. The molecule has 0 bridgehead atoms. The molecule has 0 spiro atoms. The quantitative estimate of drug-likeness (QED) is 0.263. The van der Waals surface area contributed by atoms with E-state index in [0.717, 1.165) is 15.4 Å². The van der Waals surface area contributed by atoms with Crippen LogP contribution in [0, 0.1) is 0 Å². The molecule has 0 saturated carbocycles. The first kappa shape index (κ1) is 25.8. The number of nitrogens with zero attached hydrogens (tertiary/aromatic N) is 1. The molecule has 0 amide bonds. The normalized spacial score (nSPS) is 12.5. The summed E-state index contributed by atoms with van der Waals surface area (Å²) in [5.74, 6) is 0. The number of unbranched alkanes of at least 4 members (excludes halogenated alkanes) is 3. The van der Waals surface area contributed by atoms with E-state index in [9.17, 15) is 4.79 Å². The Kier molecular flexibility index (Phi) is 9.79. The predicted octanol–water partition coefficient (Wildman–Crippen LogP) is 8.24. The first-order valence-electron chi connectivity index (χ1n) is 11.7. The molecule has 0 aliphatic carbocycles. The molecule has 1 aromatic carbocycles. The molecule has 3 nitrogen and oxygen atoms in total. The molecule has 168 valence electrons. The van der Waals surface area contributed by atoms with E-state index in [1.807, 2.05) is 31.4 Å². The van der Waals surface area contributed by atoms with E-state index in [2.05, 4.69) is 54.9 Å². The number of ether oxygens (including phenoxy) is 1. The van der Waals surface area contributed by atoms with Crippen LogP contribution in [0.4, 0.5) is 4.79 Å². The molecule has 0 radical (unpaired) electrons. The molecule has 1 aromatic heterocycles. The SMILES string of the molecule is CCC[CH2][Sn]([CH2]CCC)([CH2]CCC)[c]1cc2cc(Br)ccc2n1C(=O)OC(C)(C)C. The van der Waals surface area contributed by atoms with Gasteiger partial charge in [0, 0.05) is 0 Å². The number of fused-ring (bicyclic) bond motifs is 1. The molecule has 2 aromatic rings. The molecular weight excluding hydrogens is 545 g/mol. The van der Waals surface area contributed by atoms with Crippen molar-refractivity contribution in [3.05, 3.63) is 28.7 Å². The van der Waals surface area contributed by atoms with Crippen LogP contribution in [0.1, 0.15) is 80.1 Å². The summed E-state index contributed by atoms with van der Waals surface area (Å²) in [6, 6.07) is 8.61. The van der Waals surface area contributed by atoms with Crippen molar-refractivity contribution >= 4 is 55.0 Å². The Morgan fingerprint density at radius 3 is 1.97 bits per heavy atom. The second-order valence-electron chi connectivity index (χ2n) is 9.64. The van der Waals surface area contributed by atoms with Crippen LogP contribution < -0.4 is 3.71 Å². The van der Waals surface area contributed by atoms with Gasteiger partial charge in [-0.15, -0.1) is 0 Å². The topological polar surface area (TPSA) is 31.2 Å². The average Bonchev–Trinajstić information content (AvgIpc) is 3.05. The summed E-state index contributed by atoms with van der Waals surface area (Å²) in [5.41, 5.74) is 0.488. The fraction of sp³-hybridized carbons (Fsp3) is 0.640. The van der Waals surface area contributed by atoms with E-state index in [4.69, 9.17) is 4.74 Å². The van der Waals surface area contributed by atoms with Crippen LogP contribution in [-0.2, 0) is 4.74 Å². The standard InChI is InChI=1S/C13H13BrNO2.3C4H9.Sn/c1-13(2,3)17-12(16)15-7-6-9-8-10(14)4-5-11(9)15;3*1-3-4-2;/h4-6,8H,1-3H3;3*1,3-4H2,2H3;. The van der Waals surface area contributed by atoms with Gasteiger partial charge in [0.05, 0.1) is 0 Å². The zero-order valence-electron chi connectivity index (χ0n) is 19.8. The number of hydrogen-bond acceptors (Lipinski definition) is 2. The summed E-state index contributed by atoms with van der Waals surface area (Å²) in [7, 11) is 0. The first-order valence-corrected chi connectivity index (χ1v) is 20.0. The van der Waals surface area contributed by atoms with Crippen LogP contribution in [-0.4, -0.2) is 34.6 Å². The van der Waals surface area contributed by atoms with Gasteiger partial charge in [0.25, 0.3) is 0 Å². The van der Waals surface area contributed by atoms with E-state index >= 15 is 0 Å². The van der Waals surface area contributed by atoms with Crippen molar-refractivity contribution in [1.82, 2.24) is 4.57 Å². The molecule has 0 aliphatic rings. The summed E-state index contributed by atoms with van der Waals surface area (Å²) in [5, 5.41) is 1.15. The van der Waals surface area contributed by atoms with Crippen molar-refractivity contribution < 1.29 is 9.53 Å². The van der Waals surface area contributed by atoms with Crippen molar-refractivity contribution in [2.75, 3.05) is 0 Å². The number of halogens is 1. The van der Waals surface area contributed by atoms with Gasteiger partial charge in [-0.3, -0.25) is 0 Å². The Morgan fingerprint density at radius 1 is 0.967 bits per heavy atom. The van der Waals surface area contributed by atoms with Crippen LogP contribution in [0.15, 0.2) is 28.7 Å². The van der Waals surface area contributed by atoms with Crippen molar-refractivity contribution in [1.29, 1.82) is 0 Å². The van der Waals surface area contributed by atoms with Gasteiger partial charge in [0.1, 0.15) is 0 Å². The number of hydrogen-bond donors (Lipinski definition) is 0. The van der Waals surface area contributed by atoms with Gasteiger partial charge >= 0.3 is 197 Å². The molecule has 0 atom stereocenters. The van der Waals surface area contributed by atoms with Gasteiger partial charge in [0.2, 0.25) is 0 Å². The van der Waals surface area contributed by atoms with Gasteiger partial charge in [-0.05, 0) is 0 Å². The molecule has 0 fully saturated rings. The molecule has 0 unspecified atom stereocenters. The second-order valence-corrected chi connectivity index (χ2v) is 23.6. The molecule has 0 aliphatic heterocycles. The molecule has 1 heterocycles. The fourth-order valence-corrected chi connectivity index (χ4v) is 21.2. The van der Waals surface area contributed by atoms with Gasteiger partial charge < -0.3 is 0 Å². The summed E-state index contributed by atoms with van der Waals surface area (Å²) in [6.45, 7) is 12.7. The van der Waals surface area contributed by atoms with Crippen molar-refractivity contribution in [2.45, 2.75) is 99.0 Å². The minimum absolute atomic E-state index is 0.208. The van der Waals surface area contributed by atoms with Crippen LogP contribution in [0.3, 0.4) is 0 Å². The summed E-state index contributed by atoms with van der Waals surface area (Å²) in [4.78, 5) is 13.5. The average molecular weight is 585 g/mol. The van der Waals surface area contributed by atoms with E-state index in [-0.39, 0.29) is 6.09 Å². The third-order valence-electron chi connectivity index (χ3n) is 5.91. The Hall–Kier alpha value is -0.491. The fourth-order valence-electron chi connectivity index (χ4n) is 4.39. The van der Waals surface area contributed by atoms with Gasteiger partial charge in [-0.25, -0.2) is 0 Å². The van der Waals surface area contributed by atoms with Gasteiger partial charge in [0.15, 0.2) is 0 Å². The van der Waals surface area contributed by atoms with Crippen molar-refractivity contribution in [3.8, 4) is 0 Å². The Morgan fingerprint density at radius 2 is 1.50 bits per heavy atom. The van der Waals surface area contributed by atoms with E-state index in [1.54, 1.807) is 0 Å². The molecular formula is C25H40BrNO2Sn. The summed E-state index contributed by atoms with van der Waals surface area (Å²) in [6.07, 6.45) is 7.24. The maximum atomic E-state index is 13.5. The third kappa shape index (κ3) is 6.51. The molecule has 0 N–H and O–H groups in total. The molecule has 30 heavy (non-hydrogen) atoms. The second kappa shape index (κ2) is 11.4. The predicted molar refractivity (Wildman–Crippen MR) is 136 cm³/mol. The van der Waals surface area contributed by atoms with E-state index < -0.39 is 24.0 Å². The number of aromatic nitrogens is 1. The number of rotatable bonds is 10. The van der Waals surface area contributed by atoms with Gasteiger partial charge in [-0.2, -0.15) is 0 Å². The molecule has 0 saturated heterocycles. The Bertz CT molecular complexity index is 816. The number of carbonyl (C=O) groups excluding carboxylic acids is 1. The van der Waals surface area contributed by atoms with E-state index in [1.165, 1.54) is 55.5 Å².